The Balaban J connectivity index is 4.22. The van der Waals surface area contributed by atoms with Gasteiger partial charge in [0.05, 0.1) is 0 Å². The first kappa shape index (κ1) is 66.6. The van der Waals surface area contributed by atoms with Crippen molar-refractivity contribution < 1.29 is 28.6 Å². The van der Waals surface area contributed by atoms with Gasteiger partial charge in [0.1, 0.15) is 13.2 Å². The Bertz CT molecular complexity index is 1350. The van der Waals surface area contributed by atoms with E-state index in [0.29, 0.717) is 19.3 Å². The predicted molar refractivity (Wildman–Crippen MR) is 302 cm³/mol. The van der Waals surface area contributed by atoms with E-state index < -0.39 is 6.10 Å². The number of hydrogen-bond acceptors (Lipinski definition) is 6. The SMILES string of the molecule is CC/C=C\C/C=C\C/C=C\C/C=C\C/C=C\C/C=C\CCCCCCCCCCC(=O)OCC(COC(=O)CCCCCCCCCC)OC(=O)CCCCCCCCC/C=C\CCCCCCCC. The van der Waals surface area contributed by atoms with Crippen LogP contribution in [0.25, 0.3) is 0 Å². The van der Waals surface area contributed by atoms with Crippen LogP contribution in [-0.4, -0.2) is 37.2 Å². The van der Waals surface area contributed by atoms with Crippen LogP contribution in [0.5, 0.6) is 0 Å². The third-order valence-electron chi connectivity index (χ3n) is 12.6. The highest BCUT2D eigenvalue weighted by atomic mass is 16.6. The van der Waals surface area contributed by atoms with Gasteiger partial charge in [0, 0.05) is 19.3 Å². The molecule has 6 nitrogen and oxygen atoms in total. The van der Waals surface area contributed by atoms with Crippen LogP contribution in [0.4, 0.5) is 0 Å². The van der Waals surface area contributed by atoms with Crippen LogP contribution < -0.4 is 0 Å². The van der Waals surface area contributed by atoms with Crippen LogP contribution in [0, 0.1) is 0 Å². The smallest absolute Gasteiger partial charge is 0.306 e. The van der Waals surface area contributed by atoms with Gasteiger partial charge in [-0.05, 0) is 96.3 Å². The Morgan fingerprint density at radius 1 is 0.300 bits per heavy atom. The number of rotatable bonds is 53. The fourth-order valence-electron chi connectivity index (χ4n) is 8.21. The molecule has 0 N–H and O–H groups in total. The van der Waals surface area contributed by atoms with Crippen LogP contribution >= 0.6 is 0 Å². The highest BCUT2D eigenvalue weighted by Gasteiger charge is 2.19. The van der Waals surface area contributed by atoms with E-state index in [9.17, 15) is 14.4 Å². The third-order valence-corrected chi connectivity index (χ3v) is 12.6. The fourth-order valence-corrected chi connectivity index (χ4v) is 8.21. The largest absolute Gasteiger partial charge is 0.462 e. The van der Waals surface area contributed by atoms with Crippen molar-refractivity contribution in [1.82, 2.24) is 0 Å². The first-order valence-electron chi connectivity index (χ1n) is 29.6. The van der Waals surface area contributed by atoms with Crippen molar-refractivity contribution in [3.8, 4) is 0 Å². The van der Waals surface area contributed by atoms with Gasteiger partial charge in [-0.1, -0.05) is 254 Å². The number of unbranched alkanes of at least 4 members (excludes halogenated alkanes) is 28. The maximum atomic E-state index is 12.8. The van der Waals surface area contributed by atoms with Crippen molar-refractivity contribution in [3.63, 3.8) is 0 Å². The lowest BCUT2D eigenvalue weighted by atomic mass is 10.1. The van der Waals surface area contributed by atoms with Gasteiger partial charge < -0.3 is 14.2 Å². The topological polar surface area (TPSA) is 78.9 Å². The number of ether oxygens (including phenoxy) is 3. The lowest BCUT2D eigenvalue weighted by molar-refractivity contribution is -0.167. The average molecular weight is 976 g/mol. The Hall–Kier alpha value is -3.41. The maximum absolute atomic E-state index is 12.8. The van der Waals surface area contributed by atoms with E-state index in [4.69, 9.17) is 14.2 Å². The third kappa shape index (κ3) is 55.5. The molecule has 0 fully saturated rings. The van der Waals surface area contributed by atoms with Crippen molar-refractivity contribution in [3.05, 3.63) is 85.1 Å². The molecule has 0 aromatic rings. The predicted octanol–water partition coefficient (Wildman–Crippen LogP) is 19.9. The zero-order chi connectivity index (χ0) is 50.7. The molecular formula is C64H110O6. The van der Waals surface area contributed by atoms with Crippen molar-refractivity contribution in [2.24, 2.45) is 0 Å². The standard InChI is InChI=1S/C64H110O6/c1-4-7-10-13-16-19-21-23-25-27-28-29-30-31-32-33-34-35-36-38-39-41-43-45-48-51-54-57-63(66)69-60-61(59-68-62(65)56-53-50-47-18-15-12-9-6-3)70-64(67)58-55-52-49-46-44-42-40-37-26-24-22-20-17-14-11-8-5-2/h7,10,16,19,23-26,28-29,31-32,34-35,61H,4-6,8-9,11-15,17-18,20-22,27,30,33,36-60H2,1-3H3/b10-7-,19-16-,25-23-,26-24-,29-28-,32-31-,35-34-. The molecule has 0 saturated carbocycles. The Labute approximate surface area is 433 Å². The highest BCUT2D eigenvalue weighted by molar-refractivity contribution is 5.71. The molecular weight excluding hydrogens is 865 g/mol. The molecule has 0 aliphatic carbocycles. The van der Waals surface area contributed by atoms with E-state index in [2.05, 4.69) is 106 Å². The molecule has 1 unspecified atom stereocenters. The number of carbonyl (C=O) groups excluding carboxylic acids is 3. The van der Waals surface area contributed by atoms with Gasteiger partial charge in [-0.15, -0.1) is 0 Å². The number of hydrogen-bond donors (Lipinski definition) is 0. The van der Waals surface area contributed by atoms with Crippen molar-refractivity contribution >= 4 is 17.9 Å². The summed E-state index contributed by atoms with van der Waals surface area (Å²) >= 11 is 0. The molecule has 0 radical (unpaired) electrons. The quantitative estimate of drug-likeness (QED) is 0.0261. The minimum absolute atomic E-state index is 0.0789. The van der Waals surface area contributed by atoms with Crippen LogP contribution in [0.15, 0.2) is 85.1 Å². The summed E-state index contributed by atoms with van der Waals surface area (Å²) in [5, 5.41) is 0. The van der Waals surface area contributed by atoms with Gasteiger partial charge in [-0.2, -0.15) is 0 Å². The fraction of sp³-hybridized carbons (Fsp3) is 0.734. The summed E-state index contributed by atoms with van der Waals surface area (Å²) < 4.78 is 16.8. The lowest BCUT2D eigenvalue weighted by Crippen LogP contribution is -2.30. The number of esters is 3. The zero-order valence-corrected chi connectivity index (χ0v) is 46.0. The minimum atomic E-state index is -0.779. The second-order valence-electron chi connectivity index (χ2n) is 19.5. The maximum Gasteiger partial charge on any atom is 0.306 e. The van der Waals surface area contributed by atoms with Gasteiger partial charge in [-0.3, -0.25) is 14.4 Å². The monoisotopic (exact) mass is 975 g/mol. The second-order valence-corrected chi connectivity index (χ2v) is 19.5. The zero-order valence-electron chi connectivity index (χ0n) is 46.0. The molecule has 0 rings (SSSR count). The first-order chi connectivity index (χ1) is 34.5. The van der Waals surface area contributed by atoms with E-state index in [-0.39, 0.29) is 31.1 Å². The Morgan fingerprint density at radius 3 is 0.886 bits per heavy atom. The van der Waals surface area contributed by atoms with E-state index >= 15 is 0 Å². The molecule has 0 aliphatic rings. The van der Waals surface area contributed by atoms with E-state index in [1.165, 1.54) is 141 Å². The summed E-state index contributed by atoms with van der Waals surface area (Å²) in [6.45, 7) is 6.50. The van der Waals surface area contributed by atoms with Gasteiger partial charge in [-0.25, -0.2) is 0 Å². The summed E-state index contributed by atoms with van der Waals surface area (Å²) in [6.07, 6.45) is 75.9. The molecule has 0 aromatic carbocycles. The number of allylic oxidation sites excluding steroid dienone is 14. The van der Waals surface area contributed by atoms with Crippen molar-refractivity contribution in [2.75, 3.05) is 13.2 Å². The van der Waals surface area contributed by atoms with Crippen LogP contribution in [0.2, 0.25) is 0 Å². The Kier molecular flexibility index (Phi) is 55.3. The van der Waals surface area contributed by atoms with E-state index in [1.54, 1.807) is 0 Å². The average Bonchev–Trinajstić information content (AvgIpc) is 3.36. The molecule has 1 atom stereocenters. The number of carbonyl (C=O) groups is 3. The second kappa shape index (κ2) is 58.2. The van der Waals surface area contributed by atoms with Gasteiger partial charge in [0.25, 0.3) is 0 Å². The first-order valence-corrected chi connectivity index (χ1v) is 29.6. The molecule has 0 bridgehead atoms. The molecule has 0 aliphatic heterocycles. The molecule has 6 heteroatoms. The van der Waals surface area contributed by atoms with Crippen LogP contribution in [0.1, 0.15) is 284 Å². The summed E-state index contributed by atoms with van der Waals surface area (Å²) in [7, 11) is 0. The summed E-state index contributed by atoms with van der Waals surface area (Å²) in [4.78, 5) is 38.0. The van der Waals surface area contributed by atoms with Crippen LogP contribution in [0.3, 0.4) is 0 Å². The molecule has 0 heterocycles. The molecule has 0 aromatic heterocycles. The molecule has 70 heavy (non-hydrogen) atoms. The molecule has 0 spiro atoms. The highest BCUT2D eigenvalue weighted by Crippen LogP contribution is 2.15. The molecule has 0 saturated heterocycles. The lowest BCUT2D eigenvalue weighted by Gasteiger charge is -2.18. The summed E-state index contributed by atoms with van der Waals surface area (Å²) in [5.74, 6) is -0.890. The van der Waals surface area contributed by atoms with Crippen molar-refractivity contribution in [2.45, 2.75) is 290 Å². The van der Waals surface area contributed by atoms with Gasteiger partial charge in [0.2, 0.25) is 0 Å². The summed E-state index contributed by atoms with van der Waals surface area (Å²) in [6, 6.07) is 0. The summed E-state index contributed by atoms with van der Waals surface area (Å²) in [5.41, 5.74) is 0. The van der Waals surface area contributed by atoms with Gasteiger partial charge >= 0.3 is 17.9 Å². The Morgan fingerprint density at radius 2 is 0.557 bits per heavy atom. The van der Waals surface area contributed by atoms with Crippen LogP contribution in [-0.2, 0) is 28.6 Å². The normalized spacial score (nSPS) is 12.7. The van der Waals surface area contributed by atoms with E-state index in [0.717, 1.165) is 103 Å². The van der Waals surface area contributed by atoms with E-state index in [1.807, 2.05) is 0 Å². The minimum Gasteiger partial charge on any atom is -0.462 e. The van der Waals surface area contributed by atoms with Crippen molar-refractivity contribution in [1.29, 1.82) is 0 Å². The van der Waals surface area contributed by atoms with Gasteiger partial charge in [0.15, 0.2) is 6.10 Å². The molecule has 0 amide bonds. The molecule has 402 valence electrons.